The van der Waals surface area contributed by atoms with Gasteiger partial charge < -0.3 is 24.4 Å². The summed E-state index contributed by atoms with van der Waals surface area (Å²) in [5, 5.41) is 6.01. The summed E-state index contributed by atoms with van der Waals surface area (Å²) < 4.78 is 17.4. The van der Waals surface area contributed by atoms with E-state index < -0.39 is 5.79 Å². The van der Waals surface area contributed by atoms with E-state index >= 15 is 0 Å². The SMILES string of the molecule is COc1cccc(NC(=O)N2CCOC3(CN(Cc4nccs4)CCCO3)C2)c1. The van der Waals surface area contributed by atoms with Crippen molar-refractivity contribution in [3.8, 4) is 5.75 Å². The summed E-state index contributed by atoms with van der Waals surface area (Å²) in [7, 11) is 1.60. The Balaban J connectivity index is 1.42. The summed E-state index contributed by atoms with van der Waals surface area (Å²) >= 11 is 1.65. The topological polar surface area (TPSA) is 76.2 Å². The van der Waals surface area contributed by atoms with Crippen molar-refractivity contribution in [3.63, 3.8) is 0 Å². The molecule has 0 saturated carbocycles. The number of aromatic nitrogens is 1. The van der Waals surface area contributed by atoms with Crippen LogP contribution in [0.3, 0.4) is 0 Å². The third kappa shape index (κ3) is 5.05. The smallest absolute Gasteiger partial charge is 0.322 e. The number of hydrogen-bond acceptors (Lipinski definition) is 7. The molecule has 2 aliphatic heterocycles. The molecule has 1 unspecified atom stereocenters. The molecule has 1 atom stereocenters. The lowest BCUT2D eigenvalue weighted by Crippen LogP contribution is -2.59. The first-order chi connectivity index (χ1) is 14.2. The number of carbonyl (C=O) groups excluding carboxylic acids is 1. The van der Waals surface area contributed by atoms with E-state index in [-0.39, 0.29) is 6.03 Å². The molecule has 9 heteroatoms. The van der Waals surface area contributed by atoms with Gasteiger partial charge in [-0.15, -0.1) is 11.3 Å². The van der Waals surface area contributed by atoms with Crippen LogP contribution in [0.1, 0.15) is 11.4 Å². The first-order valence-electron chi connectivity index (χ1n) is 9.74. The number of urea groups is 1. The van der Waals surface area contributed by atoms with Crippen molar-refractivity contribution in [2.24, 2.45) is 0 Å². The van der Waals surface area contributed by atoms with E-state index in [9.17, 15) is 4.79 Å². The number of hydrogen-bond donors (Lipinski definition) is 1. The molecule has 1 N–H and O–H groups in total. The van der Waals surface area contributed by atoms with Crippen LogP contribution in [-0.2, 0) is 16.0 Å². The molecule has 0 radical (unpaired) electrons. The van der Waals surface area contributed by atoms with Crippen molar-refractivity contribution in [1.82, 2.24) is 14.8 Å². The van der Waals surface area contributed by atoms with E-state index in [2.05, 4.69) is 15.2 Å². The lowest BCUT2D eigenvalue weighted by atomic mass is 10.2. The Morgan fingerprint density at radius 1 is 1.31 bits per heavy atom. The fourth-order valence-corrected chi connectivity index (χ4v) is 4.34. The van der Waals surface area contributed by atoms with Crippen LogP contribution < -0.4 is 10.1 Å². The normalized spacial score (nSPS) is 23.0. The minimum absolute atomic E-state index is 0.166. The van der Waals surface area contributed by atoms with Crippen LogP contribution in [0.4, 0.5) is 10.5 Å². The average Bonchev–Trinajstić information content (AvgIpc) is 3.17. The molecule has 2 aromatic rings. The number of morpholine rings is 1. The molecule has 4 rings (SSSR count). The summed E-state index contributed by atoms with van der Waals surface area (Å²) in [6, 6.07) is 7.16. The highest BCUT2D eigenvalue weighted by atomic mass is 32.1. The number of carbonyl (C=O) groups is 1. The summed E-state index contributed by atoms with van der Waals surface area (Å²) in [6.45, 7) is 4.25. The highest BCUT2D eigenvalue weighted by Crippen LogP contribution is 2.26. The summed E-state index contributed by atoms with van der Waals surface area (Å²) in [5.41, 5.74) is 0.696. The van der Waals surface area contributed by atoms with Gasteiger partial charge >= 0.3 is 6.03 Å². The van der Waals surface area contributed by atoms with Crippen molar-refractivity contribution < 1.29 is 19.0 Å². The molecule has 2 fully saturated rings. The molecule has 2 saturated heterocycles. The molecule has 1 aromatic heterocycles. The van der Waals surface area contributed by atoms with Crippen LogP contribution in [0, 0.1) is 0 Å². The summed E-state index contributed by atoms with van der Waals surface area (Å²) in [6.07, 6.45) is 2.75. The minimum Gasteiger partial charge on any atom is -0.497 e. The number of rotatable bonds is 4. The summed E-state index contributed by atoms with van der Waals surface area (Å²) in [4.78, 5) is 21.3. The largest absolute Gasteiger partial charge is 0.497 e. The van der Waals surface area contributed by atoms with Gasteiger partial charge in [0.2, 0.25) is 0 Å². The average molecular weight is 419 g/mol. The van der Waals surface area contributed by atoms with Gasteiger partial charge in [0.1, 0.15) is 10.8 Å². The van der Waals surface area contributed by atoms with E-state index in [4.69, 9.17) is 14.2 Å². The van der Waals surface area contributed by atoms with E-state index in [1.807, 2.05) is 29.8 Å². The van der Waals surface area contributed by atoms with Crippen LogP contribution in [0.25, 0.3) is 0 Å². The van der Waals surface area contributed by atoms with Gasteiger partial charge in [-0.2, -0.15) is 0 Å². The second-order valence-electron chi connectivity index (χ2n) is 7.18. The Labute approximate surface area is 174 Å². The highest BCUT2D eigenvalue weighted by Gasteiger charge is 2.42. The van der Waals surface area contributed by atoms with Gasteiger partial charge in [0.25, 0.3) is 0 Å². The second kappa shape index (κ2) is 9.08. The molecule has 2 aliphatic rings. The third-order valence-corrected chi connectivity index (χ3v) is 5.82. The number of anilines is 1. The zero-order chi connectivity index (χ0) is 20.1. The van der Waals surface area contributed by atoms with Crippen LogP contribution >= 0.6 is 11.3 Å². The second-order valence-corrected chi connectivity index (χ2v) is 8.16. The molecule has 1 spiro atoms. The van der Waals surface area contributed by atoms with Crippen molar-refractivity contribution in [3.05, 3.63) is 40.8 Å². The van der Waals surface area contributed by atoms with Gasteiger partial charge in [0, 0.05) is 36.4 Å². The maximum atomic E-state index is 12.9. The Morgan fingerprint density at radius 2 is 2.21 bits per heavy atom. The maximum absolute atomic E-state index is 12.9. The van der Waals surface area contributed by atoms with E-state index in [0.29, 0.717) is 44.3 Å². The third-order valence-electron chi connectivity index (χ3n) is 5.06. The lowest BCUT2D eigenvalue weighted by Gasteiger charge is -2.43. The zero-order valence-electron chi connectivity index (χ0n) is 16.5. The Bertz CT molecular complexity index is 819. The quantitative estimate of drug-likeness (QED) is 0.823. The Morgan fingerprint density at radius 3 is 3.03 bits per heavy atom. The first-order valence-corrected chi connectivity index (χ1v) is 10.6. The van der Waals surface area contributed by atoms with Crippen molar-refractivity contribution >= 4 is 23.1 Å². The molecule has 1 aromatic carbocycles. The molecule has 8 nitrogen and oxygen atoms in total. The van der Waals surface area contributed by atoms with Gasteiger partial charge in [0.15, 0.2) is 5.79 Å². The van der Waals surface area contributed by atoms with Crippen molar-refractivity contribution in [2.45, 2.75) is 18.8 Å². The number of methoxy groups -OCH3 is 1. The van der Waals surface area contributed by atoms with E-state index in [0.717, 1.165) is 24.5 Å². The van der Waals surface area contributed by atoms with Crippen LogP contribution in [0.5, 0.6) is 5.75 Å². The number of nitrogens with one attached hydrogen (secondary N) is 1. The van der Waals surface area contributed by atoms with Crippen LogP contribution in [0.15, 0.2) is 35.8 Å². The van der Waals surface area contributed by atoms with Gasteiger partial charge in [-0.3, -0.25) is 4.90 Å². The van der Waals surface area contributed by atoms with Gasteiger partial charge in [-0.05, 0) is 18.6 Å². The first kappa shape index (κ1) is 20.1. The molecular formula is C20H26N4O4S. The fourth-order valence-electron chi connectivity index (χ4n) is 3.69. The number of amides is 2. The predicted octanol–water partition coefficient (Wildman–Crippen LogP) is 2.63. The number of benzene rings is 1. The highest BCUT2D eigenvalue weighted by molar-refractivity contribution is 7.09. The van der Waals surface area contributed by atoms with E-state index in [1.54, 1.807) is 29.4 Å². The molecule has 0 bridgehead atoms. The van der Waals surface area contributed by atoms with Crippen molar-refractivity contribution in [2.75, 3.05) is 51.8 Å². The minimum atomic E-state index is -0.808. The zero-order valence-corrected chi connectivity index (χ0v) is 17.3. The summed E-state index contributed by atoms with van der Waals surface area (Å²) in [5.74, 6) is -0.108. The lowest BCUT2D eigenvalue weighted by molar-refractivity contribution is -0.260. The standard InChI is InChI=1S/C20H26N4O4S/c1-26-17-5-2-4-16(12-17)22-19(25)24-8-10-28-20(15-24)14-23(7-3-9-27-20)13-18-21-6-11-29-18/h2,4-6,11-12H,3,7-10,13-15H2,1H3,(H,22,25). The van der Waals surface area contributed by atoms with Crippen LogP contribution in [-0.4, -0.2) is 73.1 Å². The Hall–Kier alpha value is -2.20. The van der Waals surface area contributed by atoms with E-state index in [1.165, 1.54) is 0 Å². The molecule has 156 valence electrons. The predicted molar refractivity (Wildman–Crippen MR) is 110 cm³/mol. The molecule has 0 aliphatic carbocycles. The maximum Gasteiger partial charge on any atom is 0.322 e. The molecule has 3 heterocycles. The van der Waals surface area contributed by atoms with Crippen molar-refractivity contribution in [1.29, 1.82) is 0 Å². The molecule has 2 amide bonds. The molecular weight excluding hydrogens is 392 g/mol. The fraction of sp³-hybridized carbons (Fsp3) is 0.500. The molecule has 29 heavy (non-hydrogen) atoms. The number of thiazole rings is 1. The number of ether oxygens (including phenoxy) is 3. The number of nitrogens with zero attached hydrogens (tertiary/aromatic N) is 3. The van der Waals surface area contributed by atoms with Gasteiger partial charge in [-0.25, -0.2) is 9.78 Å². The monoisotopic (exact) mass is 418 g/mol. The Kier molecular flexibility index (Phi) is 6.29. The van der Waals surface area contributed by atoms with Gasteiger partial charge in [0.05, 0.1) is 40.0 Å². The van der Waals surface area contributed by atoms with Crippen LogP contribution in [0.2, 0.25) is 0 Å². The van der Waals surface area contributed by atoms with Gasteiger partial charge in [-0.1, -0.05) is 6.07 Å².